The molecule has 84 valence electrons. The van der Waals surface area contributed by atoms with Gasteiger partial charge in [0, 0.05) is 18.2 Å². The van der Waals surface area contributed by atoms with Crippen molar-refractivity contribution in [3.63, 3.8) is 0 Å². The molecule has 0 amide bonds. The lowest BCUT2D eigenvalue weighted by atomic mass is 10.1. The van der Waals surface area contributed by atoms with Gasteiger partial charge in [-0.05, 0) is 24.9 Å². The highest BCUT2D eigenvalue weighted by atomic mass is 16.3. The van der Waals surface area contributed by atoms with Gasteiger partial charge in [0.1, 0.15) is 11.5 Å². The van der Waals surface area contributed by atoms with Crippen molar-refractivity contribution in [2.75, 3.05) is 6.54 Å². The van der Waals surface area contributed by atoms with Crippen LogP contribution < -0.4 is 5.32 Å². The third kappa shape index (κ3) is 4.21. The summed E-state index contributed by atoms with van der Waals surface area (Å²) in [6, 6.07) is 4.67. The second-order valence-corrected chi connectivity index (χ2v) is 4.17. The van der Waals surface area contributed by atoms with Crippen molar-refractivity contribution in [2.24, 2.45) is 5.92 Å². The van der Waals surface area contributed by atoms with Crippen LogP contribution in [0.25, 0.3) is 0 Å². The SMILES string of the molecule is CC(C)CCNCc1ccc(O)cc1O. The second-order valence-electron chi connectivity index (χ2n) is 4.17. The fourth-order valence-electron chi connectivity index (χ4n) is 1.32. The molecule has 3 nitrogen and oxygen atoms in total. The first-order valence-electron chi connectivity index (χ1n) is 5.31. The van der Waals surface area contributed by atoms with E-state index in [0.717, 1.165) is 18.5 Å². The Hall–Kier alpha value is -1.22. The average molecular weight is 209 g/mol. The molecule has 0 saturated heterocycles. The Morgan fingerprint density at radius 3 is 2.60 bits per heavy atom. The van der Waals surface area contributed by atoms with Crippen LogP contribution in [0, 0.1) is 5.92 Å². The number of phenols is 2. The summed E-state index contributed by atoms with van der Waals surface area (Å²) in [4.78, 5) is 0. The van der Waals surface area contributed by atoms with Crippen molar-refractivity contribution in [3.8, 4) is 11.5 Å². The summed E-state index contributed by atoms with van der Waals surface area (Å²) in [6.45, 7) is 5.94. The van der Waals surface area contributed by atoms with Crippen LogP contribution in [0.1, 0.15) is 25.8 Å². The Balaban J connectivity index is 2.37. The summed E-state index contributed by atoms with van der Waals surface area (Å²) in [5.41, 5.74) is 0.816. The maximum atomic E-state index is 9.50. The number of rotatable bonds is 5. The first-order valence-corrected chi connectivity index (χ1v) is 5.31. The normalized spacial score (nSPS) is 10.9. The lowest BCUT2D eigenvalue weighted by Gasteiger charge is -2.08. The Morgan fingerprint density at radius 2 is 2.00 bits per heavy atom. The van der Waals surface area contributed by atoms with E-state index >= 15 is 0 Å². The standard InChI is InChI=1S/C12H19NO2/c1-9(2)5-6-13-8-10-3-4-11(14)7-12(10)15/h3-4,7,9,13-15H,5-6,8H2,1-2H3. The molecule has 0 aliphatic heterocycles. The van der Waals surface area contributed by atoms with Crippen molar-refractivity contribution in [1.29, 1.82) is 0 Å². The molecule has 0 saturated carbocycles. The van der Waals surface area contributed by atoms with E-state index in [-0.39, 0.29) is 11.5 Å². The van der Waals surface area contributed by atoms with E-state index in [1.165, 1.54) is 6.07 Å². The monoisotopic (exact) mass is 209 g/mol. The highest BCUT2D eigenvalue weighted by Gasteiger charge is 2.01. The van der Waals surface area contributed by atoms with Crippen LogP contribution in [0.15, 0.2) is 18.2 Å². The fourth-order valence-corrected chi connectivity index (χ4v) is 1.32. The summed E-state index contributed by atoms with van der Waals surface area (Å²) in [7, 11) is 0. The predicted molar refractivity (Wildman–Crippen MR) is 60.9 cm³/mol. The number of hydrogen-bond acceptors (Lipinski definition) is 3. The minimum absolute atomic E-state index is 0.0958. The van der Waals surface area contributed by atoms with Crippen molar-refractivity contribution >= 4 is 0 Å². The molecule has 0 aliphatic rings. The zero-order valence-corrected chi connectivity index (χ0v) is 9.33. The molecule has 3 heteroatoms. The quantitative estimate of drug-likeness (QED) is 0.652. The van der Waals surface area contributed by atoms with E-state index in [4.69, 9.17) is 5.11 Å². The predicted octanol–water partition coefficient (Wildman–Crippen LogP) is 2.23. The Morgan fingerprint density at radius 1 is 1.27 bits per heavy atom. The number of aromatic hydroxyl groups is 2. The van der Waals surface area contributed by atoms with Gasteiger partial charge in [-0.2, -0.15) is 0 Å². The van der Waals surface area contributed by atoms with Gasteiger partial charge in [-0.25, -0.2) is 0 Å². The van der Waals surface area contributed by atoms with Gasteiger partial charge in [0.05, 0.1) is 0 Å². The molecule has 0 unspecified atom stereocenters. The van der Waals surface area contributed by atoms with Crippen LogP contribution in [-0.4, -0.2) is 16.8 Å². The van der Waals surface area contributed by atoms with E-state index in [2.05, 4.69) is 19.2 Å². The van der Waals surface area contributed by atoms with E-state index in [1.807, 2.05) is 0 Å². The van der Waals surface area contributed by atoms with Gasteiger partial charge >= 0.3 is 0 Å². The molecule has 0 aromatic heterocycles. The summed E-state index contributed by atoms with van der Waals surface area (Å²) >= 11 is 0. The Bertz CT molecular complexity index is 310. The minimum atomic E-state index is 0.0958. The number of benzene rings is 1. The van der Waals surface area contributed by atoms with Gasteiger partial charge in [-0.3, -0.25) is 0 Å². The molecule has 0 bridgehead atoms. The van der Waals surface area contributed by atoms with Crippen LogP contribution in [-0.2, 0) is 6.54 Å². The molecule has 15 heavy (non-hydrogen) atoms. The third-order valence-corrected chi connectivity index (χ3v) is 2.28. The Kier molecular flexibility index (Phi) is 4.43. The van der Waals surface area contributed by atoms with E-state index in [0.29, 0.717) is 12.5 Å². The molecule has 0 heterocycles. The first-order chi connectivity index (χ1) is 7.09. The smallest absolute Gasteiger partial charge is 0.123 e. The highest BCUT2D eigenvalue weighted by molar-refractivity contribution is 5.38. The van der Waals surface area contributed by atoms with Gasteiger partial charge in [0.15, 0.2) is 0 Å². The van der Waals surface area contributed by atoms with E-state index in [1.54, 1.807) is 12.1 Å². The summed E-state index contributed by atoms with van der Waals surface area (Å²) in [6.07, 6.45) is 1.12. The van der Waals surface area contributed by atoms with Crippen LogP contribution in [0.5, 0.6) is 11.5 Å². The number of hydrogen-bond donors (Lipinski definition) is 3. The van der Waals surface area contributed by atoms with Crippen LogP contribution >= 0.6 is 0 Å². The van der Waals surface area contributed by atoms with Gasteiger partial charge in [-0.15, -0.1) is 0 Å². The van der Waals surface area contributed by atoms with Crippen molar-refractivity contribution in [1.82, 2.24) is 5.32 Å². The largest absolute Gasteiger partial charge is 0.508 e. The molecule has 0 aliphatic carbocycles. The maximum absolute atomic E-state index is 9.50. The highest BCUT2D eigenvalue weighted by Crippen LogP contribution is 2.22. The number of nitrogens with one attached hydrogen (secondary N) is 1. The summed E-state index contributed by atoms with van der Waals surface area (Å²) in [5.74, 6) is 0.927. The van der Waals surface area contributed by atoms with E-state index < -0.39 is 0 Å². The molecule has 0 atom stereocenters. The molecule has 0 fully saturated rings. The first kappa shape index (κ1) is 11.9. The molecule has 0 spiro atoms. The zero-order valence-electron chi connectivity index (χ0n) is 9.33. The molecular weight excluding hydrogens is 190 g/mol. The molecule has 0 radical (unpaired) electrons. The van der Waals surface area contributed by atoms with Gasteiger partial charge in [0.2, 0.25) is 0 Å². The summed E-state index contributed by atoms with van der Waals surface area (Å²) < 4.78 is 0. The lowest BCUT2D eigenvalue weighted by molar-refractivity contribution is 0.442. The maximum Gasteiger partial charge on any atom is 0.123 e. The molecule has 3 N–H and O–H groups in total. The molecule has 1 rings (SSSR count). The van der Waals surface area contributed by atoms with E-state index in [9.17, 15) is 5.11 Å². The molecule has 1 aromatic carbocycles. The van der Waals surface area contributed by atoms with Gasteiger partial charge in [-0.1, -0.05) is 19.9 Å². The van der Waals surface area contributed by atoms with Crippen LogP contribution in [0.4, 0.5) is 0 Å². The fraction of sp³-hybridized carbons (Fsp3) is 0.500. The second kappa shape index (κ2) is 5.61. The molecular formula is C12H19NO2. The number of phenolic OH excluding ortho intramolecular Hbond substituents is 2. The van der Waals surface area contributed by atoms with Crippen molar-refractivity contribution in [2.45, 2.75) is 26.8 Å². The zero-order chi connectivity index (χ0) is 11.3. The van der Waals surface area contributed by atoms with Crippen LogP contribution in [0.2, 0.25) is 0 Å². The van der Waals surface area contributed by atoms with Crippen molar-refractivity contribution in [3.05, 3.63) is 23.8 Å². The van der Waals surface area contributed by atoms with Crippen molar-refractivity contribution < 1.29 is 10.2 Å². The van der Waals surface area contributed by atoms with Gasteiger partial charge in [0.25, 0.3) is 0 Å². The average Bonchev–Trinajstić information content (AvgIpc) is 2.14. The molecule has 1 aromatic rings. The Labute approximate surface area is 90.8 Å². The minimum Gasteiger partial charge on any atom is -0.508 e. The third-order valence-electron chi connectivity index (χ3n) is 2.28. The van der Waals surface area contributed by atoms with Gasteiger partial charge < -0.3 is 15.5 Å². The topological polar surface area (TPSA) is 52.5 Å². The summed E-state index contributed by atoms with van der Waals surface area (Å²) in [5, 5.41) is 21.9. The lowest BCUT2D eigenvalue weighted by Crippen LogP contribution is -2.16. The van der Waals surface area contributed by atoms with Crippen LogP contribution in [0.3, 0.4) is 0 Å².